The number of imide groups is 1. The number of carbonyl (C=O) groups is 2. The molecule has 0 N–H and O–H groups in total. The van der Waals surface area contributed by atoms with Crippen LogP contribution in [0.3, 0.4) is 0 Å². The van der Waals surface area contributed by atoms with Gasteiger partial charge in [-0.25, -0.2) is 0 Å². The Morgan fingerprint density at radius 2 is 1.75 bits per heavy atom. The normalized spacial score (nSPS) is 15.2. The fourth-order valence-corrected chi connectivity index (χ4v) is 2.40. The molecule has 1 aromatic rings. The molecule has 0 spiro atoms. The average Bonchev–Trinajstić information content (AvgIpc) is 2.65. The second kappa shape index (κ2) is 6.09. The molecule has 1 aliphatic heterocycles. The zero-order valence-electron chi connectivity index (χ0n) is 11.5. The second-order valence-electron chi connectivity index (χ2n) is 4.41. The maximum Gasteiger partial charge on any atom is 0.273 e. The Labute approximate surface area is 123 Å². The third kappa shape index (κ3) is 2.56. The number of hydrogen-bond acceptors (Lipinski definition) is 3. The van der Waals surface area contributed by atoms with Crippen LogP contribution in [-0.2, 0) is 9.59 Å². The zero-order valence-corrected chi connectivity index (χ0v) is 12.2. The minimum absolute atomic E-state index is 0.00684. The molecule has 0 bridgehead atoms. The summed E-state index contributed by atoms with van der Waals surface area (Å²) in [7, 11) is 0. The predicted octanol–water partition coefficient (Wildman–Crippen LogP) is 2.81. The molecule has 2 rings (SSSR count). The summed E-state index contributed by atoms with van der Waals surface area (Å²) in [5.74, 6) is -0.0245. The third-order valence-electron chi connectivity index (χ3n) is 3.01. The first kappa shape index (κ1) is 14.6. The van der Waals surface area contributed by atoms with Crippen LogP contribution in [-0.4, -0.2) is 29.9 Å². The van der Waals surface area contributed by atoms with E-state index in [1.54, 1.807) is 24.3 Å². The van der Waals surface area contributed by atoms with E-state index in [4.69, 9.17) is 16.3 Å². The molecule has 5 heteroatoms. The van der Waals surface area contributed by atoms with Crippen molar-refractivity contribution in [1.29, 1.82) is 0 Å². The van der Waals surface area contributed by atoms with Crippen molar-refractivity contribution < 1.29 is 14.3 Å². The molecule has 0 aromatic heterocycles. The van der Waals surface area contributed by atoms with E-state index >= 15 is 0 Å². The van der Waals surface area contributed by atoms with E-state index in [9.17, 15) is 9.59 Å². The van der Waals surface area contributed by atoms with Crippen LogP contribution in [0.2, 0.25) is 0 Å². The number of benzene rings is 1. The molecular formula is C15H16ClNO3. The van der Waals surface area contributed by atoms with Gasteiger partial charge in [-0.2, -0.15) is 0 Å². The molecule has 106 valence electrons. The van der Waals surface area contributed by atoms with Gasteiger partial charge in [0.25, 0.3) is 11.8 Å². The number of rotatable bonds is 5. The Balaban J connectivity index is 2.31. The molecule has 20 heavy (non-hydrogen) atoms. The summed E-state index contributed by atoms with van der Waals surface area (Å²) in [6.45, 7) is 4.76. The van der Waals surface area contributed by atoms with Gasteiger partial charge in [0.1, 0.15) is 10.8 Å². The average molecular weight is 294 g/mol. The Morgan fingerprint density at radius 3 is 2.30 bits per heavy atom. The van der Waals surface area contributed by atoms with Crippen molar-refractivity contribution in [3.05, 3.63) is 34.9 Å². The van der Waals surface area contributed by atoms with E-state index in [1.807, 2.05) is 13.8 Å². The number of ether oxygens (including phenoxy) is 1. The number of hydrogen-bond donors (Lipinski definition) is 0. The first-order valence-corrected chi connectivity index (χ1v) is 6.97. The lowest BCUT2D eigenvalue weighted by Crippen LogP contribution is -2.31. The highest BCUT2D eigenvalue weighted by Gasteiger charge is 2.37. The highest BCUT2D eigenvalue weighted by molar-refractivity contribution is 6.55. The zero-order chi connectivity index (χ0) is 14.7. The standard InChI is InChI=1S/C15H16ClNO3/c1-3-9-17-14(18)12(13(16)15(17)19)10-5-7-11(8-6-10)20-4-2/h5-8H,3-4,9H2,1-2H3. The summed E-state index contributed by atoms with van der Waals surface area (Å²) in [6.07, 6.45) is 0.707. The summed E-state index contributed by atoms with van der Waals surface area (Å²) in [5.41, 5.74) is 0.906. The van der Waals surface area contributed by atoms with E-state index in [0.29, 0.717) is 25.1 Å². The first-order valence-electron chi connectivity index (χ1n) is 6.59. The quantitative estimate of drug-likeness (QED) is 0.784. The largest absolute Gasteiger partial charge is 0.494 e. The summed E-state index contributed by atoms with van der Waals surface area (Å²) in [6, 6.07) is 7.00. The van der Waals surface area contributed by atoms with Crippen molar-refractivity contribution in [3.8, 4) is 5.75 Å². The molecule has 0 aliphatic carbocycles. The maximum absolute atomic E-state index is 12.3. The van der Waals surface area contributed by atoms with Crippen LogP contribution in [0.5, 0.6) is 5.75 Å². The Hall–Kier alpha value is -1.81. The lowest BCUT2D eigenvalue weighted by Gasteiger charge is -2.13. The minimum atomic E-state index is -0.414. The van der Waals surface area contributed by atoms with Crippen LogP contribution >= 0.6 is 11.6 Å². The minimum Gasteiger partial charge on any atom is -0.494 e. The van der Waals surface area contributed by atoms with Crippen molar-refractivity contribution >= 4 is 29.0 Å². The monoisotopic (exact) mass is 293 g/mol. The van der Waals surface area contributed by atoms with Gasteiger partial charge >= 0.3 is 0 Å². The van der Waals surface area contributed by atoms with Gasteiger partial charge in [0, 0.05) is 6.54 Å². The van der Waals surface area contributed by atoms with Crippen LogP contribution in [0.15, 0.2) is 29.3 Å². The Bertz CT molecular complexity index is 563. The number of carbonyl (C=O) groups excluding carboxylic acids is 2. The molecule has 1 heterocycles. The van der Waals surface area contributed by atoms with Gasteiger partial charge in [0.05, 0.1) is 12.2 Å². The highest BCUT2D eigenvalue weighted by Crippen LogP contribution is 2.32. The van der Waals surface area contributed by atoms with Crippen LogP contribution in [0, 0.1) is 0 Å². The van der Waals surface area contributed by atoms with Gasteiger partial charge in [-0.1, -0.05) is 30.7 Å². The van der Waals surface area contributed by atoms with Crippen molar-refractivity contribution in [2.75, 3.05) is 13.2 Å². The van der Waals surface area contributed by atoms with Crippen LogP contribution in [0.25, 0.3) is 5.57 Å². The third-order valence-corrected chi connectivity index (χ3v) is 3.36. The Kier molecular flexibility index (Phi) is 4.45. The van der Waals surface area contributed by atoms with Gasteiger partial charge < -0.3 is 4.74 Å². The smallest absolute Gasteiger partial charge is 0.273 e. The first-order chi connectivity index (χ1) is 9.60. The molecule has 0 unspecified atom stereocenters. The molecule has 4 nitrogen and oxygen atoms in total. The summed E-state index contributed by atoms with van der Waals surface area (Å²) in [5, 5.41) is -0.00684. The van der Waals surface area contributed by atoms with Crippen molar-refractivity contribution in [3.63, 3.8) is 0 Å². The van der Waals surface area contributed by atoms with E-state index in [2.05, 4.69) is 0 Å². The van der Waals surface area contributed by atoms with Crippen LogP contribution in [0.1, 0.15) is 25.8 Å². The molecule has 0 saturated heterocycles. The molecule has 1 aromatic carbocycles. The molecule has 0 atom stereocenters. The predicted molar refractivity (Wildman–Crippen MR) is 77.4 cm³/mol. The topological polar surface area (TPSA) is 46.6 Å². The molecule has 0 saturated carbocycles. The van der Waals surface area contributed by atoms with Gasteiger partial charge in [-0.15, -0.1) is 0 Å². The lowest BCUT2D eigenvalue weighted by molar-refractivity contribution is -0.136. The lowest BCUT2D eigenvalue weighted by atomic mass is 10.1. The van der Waals surface area contributed by atoms with Crippen molar-refractivity contribution in [2.45, 2.75) is 20.3 Å². The number of halogens is 1. The van der Waals surface area contributed by atoms with Crippen LogP contribution in [0.4, 0.5) is 0 Å². The van der Waals surface area contributed by atoms with E-state index in [0.717, 1.165) is 5.75 Å². The van der Waals surface area contributed by atoms with Crippen molar-refractivity contribution in [2.24, 2.45) is 0 Å². The number of nitrogens with zero attached hydrogens (tertiary/aromatic N) is 1. The van der Waals surface area contributed by atoms with E-state index in [1.165, 1.54) is 4.90 Å². The molecule has 2 amide bonds. The van der Waals surface area contributed by atoms with Gasteiger partial charge in [-0.05, 0) is 31.0 Å². The van der Waals surface area contributed by atoms with Crippen LogP contribution < -0.4 is 4.74 Å². The fourth-order valence-electron chi connectivity index (χ4n) is 2.11. The maximum atomic E-state index is 12.3. The Morgan fingerprint density at radius 1 is 1.10 bits per heavy atom. The summed E-state index contributed by atoms with van der Waals surface area (Å²) >= 11 is 6.03. The molecular weight excluding hydrogens is 278 g/mol. The van der Waals surface area contributed by atoms with Crippen molar-refractivity contribution in [1.82, 2.24) is 4.90 Å². The fraction of sp³-hybridized carbons (Fsp3) is 0.333. The summed E-state index contributed by atoms with van der Waals surface area (Å²) < 4.78 is 5.35. The van der Waals surface area contributed by atoms with Gasteiger partial charge in [0.15, 0.2) is 0 Å². The molecule has 1 aliphatic rings. The summed E-state index contributed by atoms with van der Waals surface area (Å²) in [4.78, 5) is 25.4. The highest BCUT2D eigenvalue weighted by atomic mass is 35.5. The van der Waals surface area contributed by atoms with Gasteiger partial charge in [-0.3, -0.25) is 14.5 Å². The van der Waals surface area contributed by atoms with E-state index in [-0.39, 0.29) is 16.5 Å². The molecule has 0 fully saturated rings. The second-order valence-corrected chi connectivity index (χ2v) is 4.79. The molecule has 0 radical (unpaired) electrons. The number of amides is 2. The SMILES string of the molecule is CCCN1C(=O)C(Cl)=C(c2ccc(OCC)cc2)C1=O. The van der Waals surface area contributed by atoms with Gasteiger partial charge in [0.2, 0.25) is 0 Å². The van der Waals surface area contributed by atoms with E-state index < -0.39 is 5.91 Å².